The van der Waals surface area contributed by atoms with Gasteiger partial charge < -0.3 is 23.8 Å². The highest BCUT2D eigenvalue weighted by Crippen LogP contribution is 2.41. The Bertz CT molecular complexity index is 1580. The van der Waals surface area contributed by atoms with Crippen molar-refractivity contribution in [2.24, 2.45) is 0 Å². The van der Waals surface area contributed by atoms with Gasteiger partial charge in [-0.2, -0.15) is 0 Å². The lowest BCUT2D eigenvalue weighted by Gasteiger charge is -2.25. The normalized spacial score (nSPS) is 10.9. The van der Waals surface area contributed by atoms with Crippen LogP contribution in [0.15, 0.2) is 71.2 Å². The van der Waals surface area contributed by atoms with Crippen molar-refractivity contribution in [2.45, 2.75) is 23.2 Å². The summed E-state index contributed by atoms with van der Waals surface area (Å²) in [7, 11) is 6.24. The second kappa shape index (κ2) is 12.9. The third-order valence-corrected chi connectivity index (χ3v) is 8.48. The molecule has 0 saturated heterocycles. The molecule has 0 spiro atoms. The van der Waals surface area contributed by atoms with Crippen LogP contribution in [0.3, 0.4) is 0 Å². The van der Waals surface area contributed by atoms with Gasteiger partial charge in [0.1, 0.15) is 12.3 Å². The molecular formula is C29H29N5O5S2. The van der Waals surface area contributed by atoms with Gasteiger partial charge in [-0.15, -0.1) is 16.4 Å². The summed E-state index contributed by atoms with van der Waals surface area (Å²) in [6, 6.07) is 19.1. The van der Waals surface area contributed by atoms with E-state index >= 15 is 0 Å². The lowest BCUT2D eigenvalue weighted by atomic mass is 10.1. The molecule has 0 saturated carbocycles. The van der Waals surface area contributed by atoms with Gasteiger partial charge in [-0.25, -0.2) is 9.67 Å². The molecule has 2 aromatic heterocycles. The van der Waals surface area contributed by atoms with Gasteiger partial charge in [0.2, 0.25) is 11.7 Å². The van der Waals surface area contributed by atoms with Crippen LogP contribution in [-0.2, 0) is 23.6 Å². The Balaban J connectivity index is 1.36. The molecular weight excluding hydrogens is 562 g/mol. The van der Waals surface area contributed by atoms with Gasteiger partial charge in [-0.1, -0.05) is 41.2 Å². The molecule has 5 rings (SSSR count). The largest absolute Gasteiger partial charge is 0.497 e. The number of methoxy groups -OCH3 is 4. The molecule has 0 unspecified atom stereocenters. The van der Waals surface area contributed by atoms with Gasteiger partial charge in [0.05, 0.1) is 56.6 Å². The molecule has 0 atom stereocenters. The zero-order valence-corrected chi connectivity index (χ0v) is 24.7. The molecule has 0 fully saturated rings. The number of hydrogen-bond acceptors (Lipinski definition) is 10. The fourth-order valence-electron chi connectivity index (χ4n) is 4.21. The van der Waals surface area contributed by atoms with Gasteiger partial charge in [-0.05, 0) is 29.8 Å². The minimum atomic E-state index is -0.189. The number of amides is 1. The van der Waals surface area contributed by atoms with E-state index in [1.54, 1.807) is 72.3 Å². The molecule has 41 heavy (non-hydrogen) atoms. The highest BCUT2D eigenvalue weighted by Gasteiger charge is 2.22. The van der Waals surface area contributed by atoms with Gasteiger partial charge in [-0.3, -0.25) is 4.79 Å². The first-order chi connectivity index (χ1) is 20.0. The van der Waals surface area contributed by atoms with Gasteiger partial charge in [0.25, 0.3) is 0 Å². The zero-order chi connectivity index (χ0) is 28.8. The van der Waals surface area contributed by atoms with E-state index in [2.05, 4.69) is 21.4 Å². The monoisotopic (exact) mass is 591 g/mol. The maximum atomic E-state index is 13.8. The third kappa shape index (κ3) is 6.55. The Morgan fingerprint density at radius 2 is 1.68 bits per heavy atom. The Kier molecular flexibility index (Phi) is 8.90. The molecule has 0 radical (unpaired) electrons. The number of thioether (sulfide) groups is 1. The van der Waals surface area contributed by atoms with Crippen molar-refractivity contribution in [3.63, 3.8) is 0 Å². The van der Waals surface area contributed by atoms with E-state index in [9.17, 15) is 4.79 Å². The standard InChI is InChI=1S/C29H29N5O5S2/c1-36-22-11-9-19(10-12-22)15-34(21-13-24(37-2)28(39-4)25(14-21)38-3)27(35)17-33-16-20(31-32-33)18-40-29-30-23-7-5-6-8-26(23)41-29/h5-14,16H,15,17-18H2,1-4H3. The van der Waals surface area contributed by atoms with Crippen molar-refractivity contribution >= 4 is 44.9 Å². The van der Waals surface area contributed by atoms with Crippen LogP contribution >= 0.6 is 23.1 Å². The van der Waals surface area contributed by atoms with E-state index in [0.29, 0.717) is 35.2 Å². The summed E-state index contributed by atoms with van der Waals surface area (Å²) in [5.74, 6) is 2.48. The van der Waals surface area contributed by atoms with Crippen LogP contribution in [0.2, 0.25) is 0 Å². The van der Waals surface area contributed by atoms with E-state index < -0.39 is 0 Å². The fraction of sp³-hybridized carbons (Fsp3) is 0.241. The summed E-state index contributed by atoms with van der Waals surface area (Å²) < 4.78 is 25.5. The summed E-state index contributed by atoms with van der Waals surface area (Å²) in [6.07, 6.45) is 1.79. The fourth-order valence-corrected chi connectivity index (χ4v) is 6.16. The molecule has 0 aliphatic rings. The van der Waals surface area contributed by atoms with E-state index in [-0.39, 0.29) is 12.5 Å². The van der Waals surface area contributed by atoms with Crippen LogP contribution in [-0.4, -0.2) is 54.3 Å². The number of benzene rings is 3. The summed E-state index contributed by atoms with van der Waals surface area (Å²) in [5.41, 5.74) is 3.25. The average molecular weight is 592 g/mol. The first-order valence-corrected chi connectivity index (χ1v) is 14.4. The number of rotatable bonds is 12. The molecule has 0 aliphatic heterocycles. The number of nitrogens with zero attached hydrogens (tertiary/aromatic N) is 5. The minimum absolute atomic E-state index is 0.00831. The highest BCUT2D eigenvalue weighted by atomic mass is 32.2. The molecule has 10 nitrogen and oxygen atoms in total. The molecule has 0 bridgehead atoms. The van der Waals surface area contributed by atoms with E-state index in [1.807, 2.05) is 42.5 Å². The Morgan fingerprint density at radius 1 is 0.951 bits per heavy atom. The molecule has 12 heteroatoms. The van der Waals surface area contributed by atoms with Crippen LogP contribution in [0.1, 0.15) is 11.3 Å². The number of aromatic nitrogens is 4. The number of para-hydroxylation sites is 1. The van der Waals surface area contributed by atoms with E-state index in [1.165, 1.54) is 7.11 Å². The predicted octanol–water partition coefficient (Wildman–Crippen LogP) is 5.45. The van der Waals surface area contributed by atoms with Gasteiger partial charge in [0.15, 0.2) is 15.8 Å². The number of ether oxygens (including phenoxy) is 4. The van der Waals surface area contributed by atoms with Crippen LogP contribution in [0.5, 0.6) is 23.0 Å². The number of anilines is 1. The van der Waals surface area contributed by atoms with Crippen molar-refractivity contribution in [2.75, 3.05) is 33.3 Å². The van der Waals surface area contributed by atoms with Crippen molar-refractivity contribution in [3.05, 3.63) is 78.1 Å². The summed E-state index contributed by atoms with van der Waals surface area (Å²) in [5, 5.41) is 8.49. The quantitative estimate of drug-likeness (QED) is 0.175. The molecule has 212 valence electrons. The highest BCUT2D eigenvalue weighted by molar-refractivity contribution is 8.00. The molecule has 5 aromatic rings. The van der Waals surface area contributed by atoms with Crippen LogP contribution in [0, 0.1) is 0 Å². The van der Waals surface area contributed by atoms with Crippen LogP contribution in [0.25, 0.3) is 10.2 Å². The summed E-state index contributed by atoms with van der Waals surface area (Å²) in [6.45, 7) is 0.294. The predicted molar refractivity (Wildman–Crippen MR) is 159 cm³/mol. The first kappa shape index (κ1) is 28.2. The Hall–Kier alpha value is -4.29. The van der Waals surface area contributed by atoms with Crippen molar-refractivity contribution in [1.29, 1.82) is 0 Å². The lowest BCUT2D eigenvalue weighted by Crippen LogP contribution is -2.33. The van der Waals surface area contributed by atoms with Crippen LogP contribution < -0.4 is 23.8 Å². The first-order valence-electron chi connectivity index (χ1n) is 12.6. The SMILES string of the molecule is COc1ccc(CN(C(=O)Cn2cc(CSc3nc4ccccc4s3)nn2)c2cc(OC)c(OC)c(OC)c2)cc1. The number of carbonyl (C=O) groups is 1. The Morgan fingerprint density at radius 3 is 2.34 bits per heavy atom. The topological polar surface area (TPSA) is 101 Å². The molecule has 3 aromatic carbocycles. The van der Waals surface area contributed by atoms with E-state index in [0.717, 1.165) is 31.6 Å². The van der Waals surface area contributed by atoms with Crippen molar-refractivity contribution < 1.29 is 23.7 Å². The molecule has 1 amide bonds. The number of fused-ring (bicyclic) bond motifs is 1. The van der Waals surface area contributed by atoms with Crippen molar-refractivity contribution in [1.82, 2.24) is 20.0 Å². The maximum absolute atomic E-state index is 13.8. The number of carbonyl (C=O) groups excluding carboxylic acids is 1. The minimum Gasteiger partial charge on any atom is -0.497 e. The molecule has 0 aliphatic carbocycles. The van der Waals surface area contributed by atoms with Crippen LogP contribution in [0.4, 0.5) is 5.69 Å². The number of hydrogen-bond donors (Lipinski definition) is 0. The second-order valence-corrected chi connectivity index (χ2v) is 11.1. The maximum Gasteiger partial charge on any atom is 0.249 e. The smallest absolute Gasteiger partial charge is 0.249 e. The lowest BCUT2D eigenvalue weighted by molar-refractivity contribution is -0.119. The van der Waals surface area contributed by atoms with Gasteiger partial charge in [0, 0.05) is 24.1 Å². The molecule has 2 heterocycles. The summed E-state index contributed by atoms with van der Waals surface area (Å²) >= 11 is 3.24. The van der Waals surface area contributed by atoms with E-state index in [4.69, 9.17) is 18.9 Å². The molecule has 0 N–H and O–H groups in total. The number of thiazole rings is 1. The average Bonchev–Trinajstić information content (AvgIpc) is 3.64. The third-order valence-electron chi connectivity index (χ3n) is 6.26. The zero-order valence-electron chi connectivity index (χ0n) is 23.1. The van der Waals surface area contributed by atoms with Crippen molar-refractivity contribution in [3.8, 4) is 23.0 Å². The summed E-state index contributed by atoms with van der Waals surface area (Å²) in [4.78, 5) is 20.1. The Labute approximate surface area is 245 Å². The van der Waals surface area contributed by atoms with Gasteiger partial charge >= 0.3 is 0 Å². The second-order valence-electron chi connectivity index (χ2n) is 8.86.